The standard InChI is InChI=1S/C25H29N3O4/c1-19(29)27-14-15-28(22(18-27)20-8-3-2-4-9-20)25(31)21-10-5-6-11-23(21)32-17-16-26-13-7-12-24(26)30/h2-6,8-11,22H,7,12-18H2,1H3/t22-/m0/s1. The molecule has 0 radical (unpaired) electrons. The smallest absolute Gasteiger partial charge is 0.258 e. The first-order valence-electron chi connectivity index (χ1n) is 11.2. The summed E-state index contributed by atoms with van der Waals surface area (Å²) >= 11 is 0. The number of piperazine rings is 1. The second-order valence-electron chi connectivity index (χ2n) is 8.22. The van der Waals surface area contributed by atoms with Gasteiger partial charge in [0.15, 0.2) is 0 Å². The van der Waals surface area contributed by atoms with Gasteiger partial charge in [-0.05, 0) is 24.1 Å². The maximum Gasteiger partial charge on any atom is 0.258 e. The third-order valence-corrected chi connectivity index (χ3v) is 6.18. The fourth-order valence-corrected chi connectivity index (χ4v) is 4.40. The molecule has 0 saturated carbocycles. The molecule has 2 aliphatic rings. The summed E-state index contributed by atoms with van der Waals surface area (Å²) in [7, 11) is 0. The van der Waals surface area contributed by atoms with Gasteiger partial charge in [0.2, 0.25) is 11.8 Å². The van der Waals surface area contributed by atoms with Gasteiger partial charge in [-0.15, -0.1) is 0 Å². The van der Waals surface area contributed by atoms with E-state index in [1.165, 1.54) is 0 Å². The molecule has 3 amide bonds. The van der Waals surface area contributed by atoms with Crippen LogP contribution in [0.15, 0.2) is 54.6 Å². The Morgan fingerprint density at radius 1 is 1.00 bits per heavy atom. The predicted octanol–water partition coefficient (Wildman–Crippen LogP) is 2.73. The van der Waals surface area contributed by atoms with Gasteiger partial charge in [0.05, 0.1) is 18.2 Å². The number of hydrogen-bond donors (Lipinski definition) is 0. The Bertz CT molecular complexity index is 978. The van der Waals surface area contributed by atoms with E-state index < -0.39 is 0 Å². The molecule has 0 bridgehead atoms. The number of nitrogens with zero attached hydrogens (tertiary/aromatic N) is 3. The van der Waals surface area contributed by atoms with Crippen molar-refractivity contribution in [2.24, 2.45) is 0 Å². The highest BCUT2D eigenvalue weighted by Gasteiger charge is 2.34. The Kier molecular flexibility index (Phi) is 6.73. The highest BCUT2D eigenvalue weighted by atomic mass is 16.5. The average Bonchev–Trinajstić information content (AvgIpc) is 3.23. The molecule has 2 aromatic rings. The van der Waals surface area contributed by atoms with Crippen molar-refractivity contribution in [2.45, 2.75) is 25.8 Å². The summed E-state index contributed by atoms with van der Waals surface area (Å²) in [6, 6.07) is 16.8. The van der Waals surface area contributed by atoms with E-state index in [0.29, 0.717) is 50.5 Å². The summed E-state index contributed by atoms with van der Waals surface area (Å²) in [6.07, 6.45) is 1.49. The van der Waals surface area contributed by atoms with Crippen LogP contribution in [-0.4, -0.2) is 71.8 Å². The van der Waals surface area contributed by atoms with Gasteiger partial charge < -0.3 is 19.4 Å². The van der Waals surface area contributed by atoms with E-state index in [4.69, 9.17) is 4.74 Å². The molecular formula is C25H29N3O4. The van der Waals surface area contributed by atoms with Crippen molar-refractivity contribution in [3.63, 3.8) is 0 Å². The van der Waals surface area contributed by atoms with Crippen LogP contribution in [0, 0.1) is 0 Å². The van der Waals surface area contributed by atoms with Crippen LogP contribution in [0.4, 0.5) is 0 Å². The quantitative estimate of drug-likeness (QED) is 0.700. The lowest BCUT2D eigenvalue weighted by atomic mass is 10.0. The van der Waals surface area contributed by atoms with E-state index in [0.717, 1.165) is 18.5 Å². The number of ether oxygens (including phenoxy) is 1. The van der Waals surface area contributed by atoms with Crippen LogP contribution in [0.1, 0.15) is 41.7 Å². The van der Waals surface area contributed by atoms with Gasteiger partial charge in [0, 0.05) is 39.5 Å². The molecule has 0 aliphatic carbocycles. The van der Waals surface area contributed by atoms with E-state index in [1.807, 2.05) is 47.4 Å². The first-order chi connectivity index (χ1) is 15.5. The molecule has 7 nitrogen and oxygen atoms in total. The molecule has 2 heterocycles. The van der Waals surface area contributed by atoms with Crippen molar-refractivity contribution in [3.8, 4) is 5.75 Å². The molecule has 1 atom stereocenters. The second kappa shape index (κ2) is 9.85. The first-order valence-corrected chi connectivity index (χ1v) is 11.2. The van der Waals surface area contributed by atoms with Crippen molar-refractivity contribution in [1.29, 1.82) is 0 Å². The average molecular weight is 436 g/mol. The first kappa shape index (κ1) is 21.9. The highest BCUT2D eigenvalue weighted by Crippen LogP contribution is 2.29. The predicted molar refractivity (Wildman–Crippen MR) is 120 cm³/mol. The molecule has 4 rings (SSSR count). The van der Waals surface area contributed by atoms with Gasteiger partial charge in [0.25, 0.3) is 5.91 Å². The fourth-order valence-electron chi connectivity index (χ4n) is 4.40. The number of likely N-dealkylation sites (tertiary alicyclic amines) is 1. The van der Waals surface area contributed by atoms with Crippen LogP contribution >= 0.6 is 0 Å². The highest BCUT2D eigenvalue weighted by molar-refractivity contribution is 5.97. The molecule has 2 saturated heterocycles. The number of para-hydroxylation sites is 1. The minimum absolute atomic E-state index is 0.0122. The summed E-state index contributed by atoms with van der Waals surface area (Å²) < 4.78 is 5.95. The number of hydrogen-bond acceptors (Lipinski definition) is 4. The van der Waals surface area contributed by atoms with Gasteiger partial charge in [-0.25, -0.2) is 0 Å². The van der Waals surface area contributed by atoms with Gasteiger partial charge in [-0.2, -0.15) is 0 Å². The van der Waals surface area contributed by atoms with Crippen molar-refractivity contribution >= 4 is 17.7 Å². The van der Waals surface area contributed by atoms with Crippen LogP contribution in [0.25, 0.3) is 0 Å². The molecule has 0 spiro atoms. The molecule has 7 heteroatoms. The summed E-state index contributed by atoms with van der Waals surface area (Å²) in [6.45, 7) is 4.61. The lowest BCUT2D eigenvalue weighted by Crippen LogP contribution is -2.51. The van der Waals surface area contributed by atoms with Crippen LogP contribution in [0.2, 0.25) is 0 Å². The van der Waals surface area contributed by atoms with Crippen molar-refractivity contribution in [1.82, 2.24) is 14.7 Å². The van der Waals surface area contributed by atoms with Gasteiger partial charge in [-0.1, -0.05) is 42.5 Å². The summed E-state index contributed by atoms with van der Waals surface area (Å²) in [5, 5.41) is 0. The Labute approximate surface area is 188 Å². The van der Waals surface area contributed by atoms with E-state index in [1.54, 1.807) is 28.9 Å². The number of amides is 3. The van der Waals surface area contributed by atoms with E-state index >= 15 is 0 Å². The third-order valence-electron chi connectivity index (χ3n) is 6.18. The van der Waals surface area contributed by atoms with Crippen LogP contribution in [-0.2, 0) is 9.59 Å². The molecule has 0 aromatic heterocycles. The Morgan fingerprint density at radius 2 is 1.75 bits per heavy atom. The van der Waals surface area contributed by atoms with Gasteiger partial charge >= 0.3 is 0 Å². The lowest BCUT2D eigenvalue weighted by molar-refractivity contribution is -0.131. The van der Waals surface area contributed by atoms with Crippen molar-refractivity contribution in [2.75, 3.05) is 39.3 Å². The van der Waals surface area contributed by atoms with Crippen molar-refractivity contribution < 1.29 is 19.1 Å². The molecular weight excluding hydrogens is 406 g/mol. The topological polar surface area (TPSA) is 70.2 Å². The molecule has 0 unspecified atom stereocenters. The van der Waals surface area contributed by atoms with Crippen LogP contribution < -0.4 is 4.74 Å². The molecule has 168 valence electrons. The van der Waals surface area contributed by atoms with Crippen LogP contribution in [0.5, 0.6) is 5.75 Å². The summed E-state index contributed by atoms with van der Waals surface area (Å²) in [4.78, 5) is 42.9. The van der Waals surface area contributed by atoms with Crippen molar-refractivity contribution in [3.05, 3.63) is 65.7 Å². The zero-order valence-corrected chi connectivity index (χ0v) is 18.4. The van der Waals surface area contributed by atoms with Crippen LogP contribution in [0.3, 0.4) is 0 Å². The minimum atomic E-state index is -0.225. The maximum absolute atomic E-state index is 13.6. The van der Waals surface area contributed by atoms with E-state index in [9.17, 15) is 14.4 Å². The fraction of sp³-hybridized carbons (Fsp3) is 0.400. The minimum Gasteiger partial charge on any atom is -0.491 e. The molecule has 2 aliphatic heterocycles. The lowest BCUT2D eigenvalue weighted by Gasteiger charge is -2.41. The normalized spacial score (nSPS) is 18.7. The number of carbonyl (C=O) groups is 3. The Hall–Kier alpha value is -3.35. The van der Waals surface area contributed by atoms with Gasteiger partial charge in [-0.3, -0.25) is 14.4 Å². The SMILES string of the molecule is CC(=O)N1CCN(C(=O)c2ccccc2OCCN2CCCC2=O)[C@H](c2ccccc2)C1. The Morgan fingerprint density at radius 3 is 2.47 bits per heavy atom. The monoisotopic (exact) mass is 435 g/mol. The summed E-state index contributed by atoms with van der Waals surface area (Å²) in [5.74, 6) is 0.574. The Balaban J connectivity index is 1.52. The molecule has 2 aromatic carbocycles. The maximum atomic E-state index is 13.6. The molecule has 32 heavy (non-hydrogen) atoms. The number of rotatable bonds is 6. The molecule has 0 N–H and O–H groups in total. The number of carbonyl (C=O) groups excluding carboxylic acids is 3. The zero-order valence-electron chi connectivity index (χ0n) is 18.4. The van der Waals surface area contributed by atoms with E-state index in [-0.39, 0.29) is 23.8 Å². The zero-order chi connectivity index (χ0) is 22.5. The third kappa shape index (κ3) is 4.77. The summed E-state index contributed by atoms with van der Waals surface area (Å²) in [5.41, 5.74) is 1.50. The largest absolute Gasteiger partial charge is 0.491 e. The second-order valence-corrected chi connectivity index (χ2v) is 8.22. The van der Waals surface area contributed by atoms with Gasteiger partial charge in [0.1, 0.15) is 12.4 Å². The number of benzene rings is 2. The molecule has 2 fully saturated rings. The van der Waals surface area contributed by atoms with E-state index in [2.05, 4.69) is 0 Å².